The molecule has 4 nitrogen and oxygen atoms in total. The molecule has 0 saturated heterocycles. The molecule has 2 N–H and O–H groups in total. The third-order valence-corrected chi connectivity index (χ3v) is 2.86. The number of rotatable bonds is 9. The zero-order valence-electron chi connectivity index (χ0n) is 9.07. The Hall–Kier alpha value is -0.0200. The van der Waals surface area contributed by atoms with E-state index in [-0.39, 0.29) is 6.73 Å². The molecule has 0 spiro atoms. The second kappa shape index (κ2) is 9.53. The van der Waals surface area contributed by atoms with E-state index in [9.17, 15) is 4.57 Å². The average molecular weight is 222 g/mol. The molecule has 0 saturated carbocycles. The molecule has 2 atom stereocenters. The van der Waals surface area contributed by atoms with Gasteiger partial charge in [-0.2, -0.15) is 0 Å². The Kier molecular flexibility index (Phi) is 9.52. The summed E-state index contributed by atoms with van der Waals surface area (Å²) in [5.41, 5.74) is 5.06. The summed E-state index contributed by atoms with van der Waals surface area (Å²) in [6.45, 7) is 4.72. The van der Waals surface area contributed by atoms with E-state index in [1.165, 1.54) is 12.8 Å². The Balaban J connectivity index is 3.55. The Morgan fingerprint density at radius 3 is 2.57 bits per heavy atom. The van der Waals surface area contributed by atoms with E-state index in [4.69, 9.17) is 10.3 Å². The predicted molar refractivity (Wildman–Crippen MR) is 57.0 cm³/mol. The van der Waals surface area contributed by atoms with Gasteiger partial charge < -0.3 is 5.73 Å². The Labute approximate surface area is 87.1 Å². The van der Waals surface area contributed by atoms with E-state index < -0.39 is 8.25 Å². The summed E-state index contributed by atoms with van der Waals surface area (Å²) in [4.78, 5) is 0. The molecular weight excluding hydrogens is 201 g/mol. The molecule has 0 aliphatic rings. The molecule has 0 radical (unpaired) electrons. The van der Waals surface area contributed by atoms with Crippen molar-refractivity contribution in [1.29, 1.82) is 0 Å². The van der Waals surface area contributed by atoms with E-state index in [1.807, 2.05) is 0 Å². The van der Waals surface area contributed by atoms with Crippen LogP contribution >= 0.6 is 8.25 Å². The molecule has 0 aromatic heterocycles. The lowest BCUT2D eigenvalue weighted by atomic mass is 10.0. The van der Waals surface area contributed by atoms with Gasteiger partial charge >= 0.3 is 8.25 Å². The summed E-state index contributed by atoms with van der Waals surface area (Å²) < 4.78 is 20.6. The SMILES string of the molecule is CCCCC(CC)CO[P+](=O)OCN. The highest BCUT2D eigenvalue weighted by molar-refractivity contribution is 7.33. The smallest absolute Gasteiger partial charge is 0.304 e. The number of nitrogens with two attached hydrogens (primary N) is 1. The van der Waals surface area contributed by atoms with E-state index >= 15 is 0 Å². The molecule has 14 heavy (non-hydrogen) atoms. The fraction of sp³-hybridized carbons (Fsp3) is 1.00. The van der Waals surface area contributed by atoms with Crippen molar-refractivity contribution >= 4 is 8.25 Å². The molecule has 0 bridgehead atoms. The molecule has 0 fully saturated rings. The molecule has 84 valence electrons. The van der Waals surface area contributed by atoms with Crippen LogP contribution in [0.2, 0.25) is 0 Å². The summed E-state index contributed by atoms with van der Waals surface area (Å²) in [7, 11) is -2.01. The van der Waals surface area contributed by atoms with E-state index in [0.717, 1.165) is 12.8 Å². The van der Waals surface area contributed by atoms with E-state index in [1.54, 1.807) is 0 Å². The van der Waals surface area contributed by atoms with Crippen molar-refractivity contribution in [2.24, 2.45) is 11.7 Å². The lowest BCUT2D eigenvalue weighted by molar-refractivity contribution is 0.191. The highest BCUT2D eigenvalue weighted by Gasteiger charge is 2.21. The number of hydrogen-bond donors (Lipinski definition) is 1. The van der Waals surface area contributed by atoms with Gasteiger partial charge in [-0.05, 0) is 12.3 Å². The summed E-state index contributed by atoms with van der Waals surface area (Å²) in [6.07, 6.45) is 4.54. The lowest BCUT2D eigenvalue weighted by Crippen LogP contribution is -2.07. The van der Waals surface area contributed by atoms with Crippen LogP contribution in [0.1, 0.15) is 39.5 Å². The van der Waals surface area contributed by atoms with Gasteiger partial charge in [-0.3, -0.25) is 0 Å². The third-order valence-electron chi connectivity index (χ3n) is 2.14. The molecule has 5 heteroatoms. The Morgan fingerprint density at radius 2 is 2.07 bits per heavy atom. The van der Waals surface area contributed by atoms with Crippen molar-refractivity contribution in [1.82, 2.24) is 0 Å². The number of unbranched alkanes of at least 4 members (excludes halogenated alkanes) is 1. The second-order valence-corrected chi connectivity index (χ2v) is 4.20. The van der Waals surface area contributed by atoms with Crippen molar-refractivity contribution in [3.05, 3.63) is 0 Å². The minimum Gasteiger partial charge on any atom is -0.304 e. The first-order valence-corrected chi connectivity index (χ1v) is 6.27. The van der Waals surface area contributed by atoms with Gasteiger partial charge in [0, 0.05) is 4.57 Å². The molecule has 0 rings (SSSR count). The second-order valence-electron chi connectivity index (χ2n) is 3.23. The molecule has 0 aliphatic heterocycles. The standard InChI is InChI=1S/C9H21NO3P/c1-3-5-6-9(4-2)7-12-14(11)13-8-10/h9H,3-8,10H2,1-2H3/q+1. The Bertz CT molecular complexity index is 155. The first kappa shape index (κ1) is 14.0. The van der Waals surface area contributed by atoms with Crippen LogP contribution in [0.5, 0.6) is 0 Å². The van der Waals surface area contributed by atoms with Gasteiger partial charge in [0.15, 0.2) is 6.73 Å². The van der Waals surface area contributed by atoms with Crippen LogP contribution in [0.3, 0.4) is 0 Å². The molecule has 0 amide bonds. The fourth-order valence-electron chi connectivity index (χ4n) is 1.16. The third kappa shape index (κ3) is 7.39. The summed E-state index contributed by atoms with van der Waals surface area (Å²) in [6, 6.07) is 0. The van der Waals surface area contributed by atoms with Crippen LogP contribution in [0.15, 0.2) is 0 Å². The molecular formula is C9H21NO3P+. The molecule has 2 unspecified atom stereocenters. The van der Waals surface area contributed by atoms with Crippen molar-refractivity contribution in [2.75, 3.05) is 13.3 Å². The summed E-state index contributed by atoms with van der Waals surface area (Å²) in [5, 5.41) is 0. The first-order chi connectivity index (χ1) is 6.74. The lowest BCUT2D eigenvalue weighted by Gasteiger charge is -2.09. The van der Waals surface area contributed by atoms with E-state index in [2.05, 4.69) is 18.4 Å². The largest absolute Gasteiger partial charge is 0.698 e. The van der Waals surface area contributed by atoms with Crippen molar-refractivity contribution in [2.45, 2.75) is 39.5 Å². The first-order valence-electron chi connectivity index (χ1n) is 5.17. The van der Waals surface area contributed by atoms with Gasteiger partial charge in [-0.1, -0.05) is 33.1 Å². The zero-order valence-corrected chi connectivity index (χ0v) is 9.96. The zero-order chi connectivity index (χ0) is 10.8. The molecule has 0 aromatic carbocycles. The number of hydrogen-bond acceptors (Lipinski definition) is 4. The maximum Gasteiger partial charge on any atom is 0.698 e. The van der Waals surface area contributed by atoms with Crippen LogP contribution in [-0.4, -0.2) is 13.3 Å². The van der Waals surface area contributed by atoms with Gasteiger partial charge in [-0.25, -0.2) is 0 Å². The fourth-order valence-corrected chi connectivity index (χ4v) is 1.69. The highest BCUT2D eigenvalue weighted by Crippen LogP contribution is 2.25. The van der Waals surface area contributed by atoms with Gasteiger partial charge in [0.25, 0.3) is 0 Å². The van der Waals surface area contributed by atoms with Crippen LogP contribution in [0, 0.1) is 5.92 Å². The quantitative estimate of drug-likeness (QED) is 0.481. The van der Waals surface area contributed by atoms with Gasteiger partial charge in [0.05, 0.1) is 0 Å². The topological polar surface area (TPSA) is 61.5 Å². The predicted octanol–water partition coefficient (Wildman–Crippen LogP) is 2.81. The van der Waals surface area contributed by atoms with E-state index in [0.29, 0.717) is 12.5 Å². The maximum atomic E-state index is 11.0. The van der Waals surface area contributed by atoms with Gasteiger partial charge in [0.2, 0.25) is 0 Å². The monoisotopic (exact) mass is 222 g/mol. The molecule has 0 aromatic rings. The van der Waals surface area contributed by atoms with Crippen LogP contribution in [-0.2, 0) is 13.6 Å². The van der Waals surface area contributed by atoms with Gasteiger partial charge in [-0.15, -0.1) is 9.05 Å². The minimum atomic E-state index is -2.01. The normalized spacial score (nSPS) is 14.1. The van der Waals surface area contributed by atoms with Crippen LogP contribution < -0.4 is 5.73 Å². The maximum absolute atomic E-state index is 11.0. The minimum absolute atomic E-state index is 0.0546. The van der Waals surface area contributed by atoms with Crippen molar-refractivity contribution in [3.8, 4) is 0 Å². The Morgan fingerprint density at radius 1 is 1.36 bits per heavy atom. The van der Waals surface area contributed by atoms with Gasteiger partial charge in [0.1, 0.15) is 6.61 Å². The van der Waals surface area contributed by atoms with Crippen molar-refractivity contribution < 1.29 is 13.6 Å². The van der Waals surface area contributed by atoms with Crippen molar-refractivity contribution in [3.63, 3.8) is 0 Å². The average Bonchev–Trinajstić information content (AvgIpc) is 2.19. The highest BCUT2D eigenvalue weighted by atomic mass is 31.1. The molecule has 0 heterocycles. The van der Waals surface area contributed by atoms with Crippen LogP contribution in [0.4, 0.5) is 0 Å². The summed E-state index contributed by atoms with van der Waals surface area (Å²) >= 11 is 0. The summed E-state index contributed by atoms with van der Waals surface area (Å²) in [5.74, 6) is 0.482. The van der Waals surface area contributed by atoms with Crippen LogP contribution in [0.25, 0.3) is 0 Å². The molecule has 0 aliphatic carbocycles.